The van der Waals surface area contributed by atoms with Crippen LogP contribution in [0, 0.1) is 17.0 Å². The zero-order valence-electron chi connectivity index (χ0n) is 11.7. The molecule has 7 nitrogen and oxygen atoms in total. The number of hydrogen-bond donors (Lipinski definition) is 1. The summed E-state index contributed by atoms with van der Waals surface area (Å²) in [5.41, 5.74) is 1.16. The van der Waals surface area contributed by atoms with E-state index in [2.05, 4.69) is 15.5 Å². The van der Waals surface area contributed by atoms with Gasteiger partial charge in [-0.1, -0.05) is 17.3 Å². The number of benzene rings is 1. The van der Waals surface area contributed by atoms with E-state index >= 15 is 0 Å². The second-order valence-electron chi connectivity index (χ2n) is 5.21. The van der Waals surface area contributed by atoms with Gasteiger partial charge >= 0.3 is 0 Å². The summed E-state index contributed by atoms with van der Waals surface area (Å²) in [5, 5.41) is 18.5. The highest BCUT2D eigenvalue weighted by atomic mass is 16.6. The molecule has 21 heavy (non-hydrogen) atoms. The van der Waals surface area contributed by atoms with E-state index < -0.39 is 4.92 Å². The van der Waals surface area contributed by atoms with E-state index in [1.807, 2.05) is 0 Å². The first kappa shape index (κ1) is 13.7. The summed E-state index contributed by atoms with van der Waals surface area (Å²) in [6.45, 7) is 3.66. The molecular formula is C14H16N4O3. The normalized spacial score (nSPS) is 16.0. The highest BCUT2D eigenvalue weighted by Crippen LogP contribution is 2.33. The number of nitrogens with zero attached hydrogens (tertiary/aromatic N) is 3. The first-order chi connectivity index (χ1) is 10.2. The SMILES string of the molecule is Cc1cccc([N+](=O)[O-])c1-c1nc(C2CCNCC2)no1. The Morgan fingerprint density at radius 3 is 2.86 bits per heavy atom. The van der Waals surface area contributed by atoms with E-state index in [4.69, 9.17) is 4.52 Å². The minimum absolute atomic E-state index is 0.00416. The maximum Gasteiger partial charge on any atom is 0.282 e. The van der Waals surface area contributed by atoms with Crippen LogP contribution < -0.4 is 5.32 Å². The third-order valence-corrected chi connectivity index (χ3v) is 3.81. The van der Waals surface area contributed by atoms with Crippen molar-refractivity contribution in [3.8, 4) is 11.5 Å². The lowest BCUT2D eigenvalue weighted by atomic mass is 9.97. The smallest absolute Gasteiger partial charge is 0.282 e. The summed E-state index contributed by atoms with van der Waals surface area (Å²) in [6.07, 6.45) is 1.91. The number of hydrogen-bond acceptors (Lipinski definition) is 6. The molecule has 1 aliphatic rings. The van der Waals surface area contributed by atoms with Crippen molar-refractivity contribution in [1.82, 2.24) is 15.5 Å². The molecule has 0 spiro atoms. The summed E-state index contributed by atoms with van der Waals surface area (Å²) in [5.74, 6) is 1.13. The Balaban J connectivity index is 1.98. The molecule has 0 atom stereocenters. The number of rotatable bonds is 3. The average molecular weight is 288 g/mol. The third-order valence-electron chi connectivity index (χ3n) is 3.81. The summed E-state index contributed by atoms with van der Waals surface area (Å²) in [4.78, 5) is 15.1. The molecule has 1 N–H and O–H groups in total. The number of nitrogens with one attached hydrogen (secondary N) is 1. The molecule has 1 saturated heterocycles. The first-order valence-electron chi connectivity index (χ1n) is 6.95. The predicted molar refractivity (Wildman–Crippen MR) is 76.0 cm³/mol. The van der Waals surface area contributed by atoms with Crippen LogP contribution in [0.15, 0.2) is 22.7 Å². The summed E-state index contributed by atoms with van der Waals surface area (Å²) in [7, 11) is 0. The number of aromatic nitrogens is 2. The van der Waals surface area contributed by atoms with E-state index in [0.29, 0.717) is 11.4 Å². The second kappa shape index (κ2) is 5.61. The van der Waals surface area contributed by atoms with Crippen molar-refractivity contribution in [3.05, 3.63) is 39.7 Å². The average Bonchev–Trinajstić information content (AvgIpc) is 2.97. The first-order valence-corrected chi connectivity index (χ1v) is 6.95. The summed E-state index contributed by atoms with van der Waals surface area (Å²) >= 11 is 0. The van der Waals surface area contributed by atoms with Gasteiger partial charge in [0, 0.05) is 12.0 Å². The van der Waals surface area contributed by atoms with Gasteiger partial charge in [-0.25, -0.2) is 0 Å². The van der Waals surface area contributed by atoms with E-state index in [-0.39, 0.29) is 17.5 Å². The van der Waals surface area contributed by atoms with Crippen molar-refractivity contribution in [2.45, 2.75) is 25.7 Å². The predicted octanol–water partition coefficient (Wildman–Crippen LogP) is 2.42. The van der Waals surface area contributed by atoms with Crippen molar-refractivity contribution < 1.29 is 9.45 Å². The van der Waals surface area contributed by atoms with Gasteiger partial charge in [0.05, 0.1) is 4.92 Å². The number of aryl methyl sites for hydroxylation is 1. The van der Waals surface area contributed by atoms with Crippen LogP contribution in [0.5, 0.6) is 0 Å². The van der Waals surface area contributed by atoms with Crippen LogP contribution in [-0.2, 0) is 0 Å². The number of nitro benzene ring substituents is 1. The van der Waals surface area contributed by atoms with Gasteiger partial charge in [0.1, 0.15) is 5.56 Å². The molecule has 0 radical (unpaired) electrons. The minimum atomic E-state index is -0.420. The van der Waals surface area contributed by atoms with Gasteiger partial charge in [-0.3, -0.25) is 10.1 Å². The fourth-order valence-corrected chi connectivity index (χ4v) is 2.67. The van der Waals surface area contributed by atoms with E-state index in [1.165, 1.54) is 6.07 Å². The minimum Gasteiger partial charge on any atom is -0.334 e. The van der Waals surface area contributed by atoms with Gasteiger partial charge in [0.2, 0.25) is 0 Å². The molecule has 1 aliphatic heterocycles. The fraction of sp³-hybridized carbons (Fsp3) is 0.429. The van der Waals surface area contributed by atoms with Crippen LogP contribution in [0.3, 0.4) is 0 Å². The monoisotopic (exact) mass is 288 g/mol. The zero-order chi connectivity index (χ0) is 14.8. The van der Waals surface area contributed by atoms with Gasteiger partial charge in [0.15, 0.2) is 5.82 Å². The summed E-state index contributed by atoms with van der Waals surface area (Å²) < 4.78 is 5.29. The van der Waals surface area contributed by atoms with Crippen LogP contribution in [-0.4, -0.2) is 28.2 Å². The van der Waals surface area contributed by atoms with Crippen LogP contribution in [0.1, 0.15) is 30.1 Å². The Morgan fingerprint density at radius 1 is 1.38 bits per heavy atom. The van der Waals surface area contributed by atoms with E-state index in [0.717, 1.165) is 31.5 Å². The van der Waals surface area contributed by atoms with Crippen LogP contribution in [0.2, 0.25) is 0 Å². The van der Waals surface area contributed by atoms with Crippen molar-refractivity contribution in [3.63, 3.8) is 0 Å². The van der Waals surface area contributed by atoms with Gasteiger partial charge in [-0.15, -0.1) is 0 Å². The second-order valence-corrected chi connectivity index (χ2v) is 5.21. The molecule has 0 bridgehead atoms. The lowest BCUT2D eigenvalue weighted by molar-refractivity contribution is -0.384. The quantitative estimate of drug-likeness (QED) is 0.688. The van der Waals surface area contributed by atoms with Gasteiger partial charge < -0.3 is 9.84 Å². The Labute approximate surface area is 121 Å². The highest BCUT2D eigenvalue weighted by Gasteiger charge is 2.25. The Kier molecular flexibility index (Phi) is 3.66. The highest BCUT2D eigenvalue weighted by molar-refractivity contribution is 5.70. The number of piperidine rings is 1. The molecule has 0 saturated carbocycles. The summed E-state index contributed by atoms with van der Waals surface area (Å²) in [6, 6.07) is 4.91. The Bertz CT molecular complexity index is 662. The third kappa shape index (κ3) is 2.64. The van der Waals surface area contributed by atoms with Crippen molar-refractivity contribution in [2.24, 2.45) is 0 Å². The lowest BCUT2D eigenvalue weighted by Crippen LogP contribution is -2.27. The molecular weight excluding hydrogens is 272 g/mol. The number of nitro groups is 1. The molecule has 2 aromatic rings. The molecule has 0 unspecified atom stereocenters. The Hall–Kier alpha value is -2.28. The van der Waals surface area contributed by atoms with Crippen LogP contribution >= 0.6 is 0 Å². The zero-order valence-corrected chi connectivity index (χ0v) is 11.7. The van der Waals surface area contributed by atoms with Crippen LogP contribution in [0.4, 0.5) is 5.69 Å². The van der Waals surface area contributed by atoms with Gasteiger partial charge in [0.25, 0.3) is 11.6 Å². The lowest BCUT2D eigenvalue weighted by Gasteiger charge is -2.18. The molecule has 1 aromatic carbocycles. The molecule has 2 heterocycles. The molecule has 110 valence electrons. The molecule has 0 aliphatic carbocycles. The van der Waals surface area contributed by atoms with Gasteiger partial charge in [-0.2, -0.15) is 4.98 Å². The topological polar surface area (TPSA) is 94.1 Å². The standard InChI is InChI=1S/C14H16N4O3/c1-9-3-2-4-11(18(19)20)12(9)14-16-13(17-21-14)10-5-7-15-8-6-10/h2-4,10,15H,5-8H2,1H3. The van der Waals surface area contributed by atoms with E-state index in [9.17, 15) is 10.1 Å². The Morgan fingerprint density at radius 2 is 2.14 bits per heavy atom. The molecule has 7 heteroatoms. The molecule has 3 rings (SSSR count). The maximum absolute atomic E-state index is 11.2. The molecule has 1 fully saturated rings. The largest absolute Gasteiger partial charge is 0.334 e. The van der Waals surface area contributed by atoms with Crippen molar-refractivity contribution in [2.75, 3.05) is 13.1 Å². The van der Waals surface area contributed by atoms with Gasteiger partial charge in [-0.05, 0) is 38.4 Å². The molecule has 1 aromatic heterocycles. The van der Waals surface area contributed by atoms with E-state index in [1.54, 1.807) is 19.1 Å². The molecule has 0 amide bonds. The van der Waals surface area contributed by atoms with Crippen molar-refractivity contribution in [1.29, 1.82) is 0 Å². The fourth-order valence-electron chi connectivity index (χ4n) is 2.67. The maximum atomic E-state index is 11.2. The van der Waals surface area contributed by atoms with Crippen LogP contribution in [0.25, 0.3) is 11.5 Å². The van der Waals surface area contributed by atoms with Crippen molar-refractivity contribution >= 4 is 5.69 Å².